The first-order valence-corrected chi connectivity index (χ1v) is 11.2. The third kappa shape index (κ3) is 4.86. The molecule has 29 heavy (non-hydrogen) atoms. The third-order valence-corrected chi connectivity index (χ3v) is 6.31. The Morgan fingerprint density at radius 1 is 1.07 bits per heavy atom. The molecule has 1 atom stereocenters. The van der Waals surface area contributed by atoms with E-state index in [0.717, 1.165) is 28.4 Å². The molecule has 0 amide bonds. The highest BCUT2D eigenvalue weighted by atomic mass is 32.2. The molecule has 0 saturated heterocycles. The topological polar surface area (TPSA) is 61.0 Å². The second kappa shape index (κ2) is 9.24. The molecule has 1 unspecified atom stereocenters. The van der Waals surface area contributed by atoms with Crippen LogP contribution in [0.25, 0.3) is 10.6 Å². The number of rotatable bonds is 8. The van der Waals surface area contributed by atoms with E-state index in [2.05, 4.69) is 34.6 Å². The van der Waals surface area contributed by atoms with Gasteiger partial charge in [-0.25, -0.2) is 4.98 Å². The second-order valence-electron chi connectivity index (χ2n) is 6.61. The lowest BCUT2D eigenvalue weighted by Crippen LogP contribution is -1.98. The van der Waals surface area contributed by atoms with Crippen molar-refractivity contribution >= 4 is 23.1 Å². The molecular weight excluding hydrogens is 402 g/mol. The van der Waals surface area contributed by atoms with Crippen LogP contribution in [0.1, 0.15) is 30.0 Å². The first-order chi connectivity index (χ1) is 14.2. The van der Waals surface area contributed by atoms with Crippen LogP contribution in [0.2, 0.25) is 0 Å². The average molecular weight is 424 g/mol. The summed E-state index contributed by atoms with van der Waals surface area (Å²) in [5.74, 6) is 2.50. The SMILES string of the molecule is COc1ccccc1-c1nc(CSc2nnc(CC(C)c3ccccc3)o2)cs1. The minimum atomic E-state index is 0.330. The summed E-state index contributed by atoms with van der Waals surface area (Å²) in [6.07, 6.45) is 0.728. The molecule has 0 spiro atoms. The largest absolute Gasteiger partial charge is 0.496 e. The van der Waals surface area contributed by atoms with E-state index < -0.39 is 0 Å². The van der Waals surface area contributed by atoms with Crippen LogP contribution < -0.4 is 4.74 Å². The molecule has 0 aliphatic carbocycles. The lowest BCUT2D eigenvalue weighted by Gasteiger charge is -2.08. The summed E-state index contributed by atoms with van der Waals surface area (Å²) in [5, 5.41) is 12.0. The van der Waals surface area contributed by atoms with Crippen molar-refractivity contribution in [1.29, 1.82) is 0 Å². The molecule has 0 aliphatic heterocycles. The Hall–Kier alpha value is -2.64. The summed E-state index contributed by atoms with van der Waals surface area (Å²) in [4.78, 5) is 4.73. The van der Waals surface area contributed by atoms with Crippen molar-refractivity contribution in [2.45, 2.75) is 30.2 Å². The maximum Gasteiger partial charge on any atom is 0.276 e. The van der Waals surface area contributed by atoms with Gasteiger partial charge in [-0.15, -0.1) is 21.5 Å². The lowest BCUT2D eigenvalue weighted by atomic mass is 9.98. The number of hydrogen-bond acceptors (Lipinski definition) is 7. The van der Waals surface area contributed by atoms with E-state index in [-0.39, 0.29) is 0 Å². The predicted octanol–water partition coefficient (Wildman–Crippen LogP) is 5.84. The highest BCUT2D eigenvalue weighted by molar-refractivity contribution is 7.98. The Kier molecular flexibility index (Phi) is 6.27. The van der Waals surface area contributed by atoms with Gasteiger partial charge in [-0.3, -0.25) is 0 Å². The Morgan fingerprint density at radius 3 is 2.69 bits per heavy atom. The van der Waals surface area contributed by atoms with Crippen LogP contribution in [0.4, 0.5) is 0 Å². The maximum absolute atomic E-state index is 5.82. The Balaban J connectivity index is 1.36. The summed E-state index contributed by atoms with van der Waals surface area (Å²) in [6.45, 7) is 2.17. The number of aromatic nitrogens is 3. The molecule has 0 aliphatic rings. The van der Waals surface area contributed by atoms with Crippen molar-refractivity contribution in [2.75, 3.05) is 7.11 Å². The number of methoxy groups -OCH3 is 1. The van der Waals surface area contributed by atoms with Gasteiger partial charge in [-0.1, -0.05) is 61.2 Å². The van der Waals surface area contributed by atoms with Gasteiger partial charge in [0.25, 0.3) is 5.22 Å². The third-order valence-electron chi connectivity index (χ3n) is 4.53. The number of nitrogens with zero attached hydrogens (tertiary/aromatic N) is 3. The second-order valence-corrected chi connectivity index (χ2v) is 8.40. The van der Waals surface area contributed by atoms with Crippen molar-refractivity contribution in [2.24, 2.45) is 0 Å². The molecule has 4 rings (SSSR count). The number of benzene rings is 2. The summed E-state index contributed by atoms with van der Waals surface area (Å²) < 4.78 is 11.3. The molecule has 2 aromatic carbocycles. The lowest BCUT2D eigenvalue weighted by molar-refractivity contribution is 0.404. The zero-order valence-corrected chi connectivity index (χ0v) is 17.9. The molecule has 0 bridgehead atoms. The van der Waals surface area contributed by atoms with Crippen LogP contribution in [-0.4, -0.2) is 22.3 Å². The van der Waals surface area contributed by atoms with E-state index in [1.165, 1.54) is 17.3 Å². The Morgan fingerprint density at radius 2 is 1.86 bits per heavy atom. The molecule has 7 heteroatoms. The van der Waals surface area contributed by atoms with Gasteiger partial charge in [0, 0.05) is 17.6 Å². The summed E-state index contributed by atoms with van der Waals surface area (Å²) in [6, 6.07) is 18.3. The number of thiazole rings is 1. The fourth-order valence-electron chi connectivity index (χ4n) is 2.99. The van der Waals surface area contributed by atoms with Crippen molar-refractivity contribution in [3.05, 3.63) is 77.1 Å². The molecule has 0 radical (unpaired) electrons. The van der Waals surface area contributed by atoms with E-state index in [0.29, 0.717) is 22.8 Å². The fourth-order valence-corrected chi connectivity index (χ4v) is 4.62. The van der Waals surface area contributed by atoms with Crippen molar-refractivity contribution in [3.63, 3.8) is 0 Å². The number of hydrogen-bond donors (Lipinski definition) is 0. The van der Waals surface area contributed by atoms with Crippen LogP contribution in [0.5, 0.6) is 5.75 Å². The minimum absolute atomic E-state index is 0.330. The van der Waals surface area contributed by atoms with E-state index >= 15 is 0 Å². The molecule has 0 N–H and O–H groups in total. The van der Waals surface area contributed by atoms with Gasteiger partial charge in [-0.2, -0.15) is 0 Å². The van der Waals surface area contributed by atoms with Crippen LogP contribution in [-0.2, 0) is 12.2 Å². The van der Waals surface area contributed by atoms with Crippen LogP contribution in [0.15, 0.2) is 69.6 Å². The molecule has 2 aromatic heterocycles. The number of ether oxygens (including phenoxy) is 1. The van der Waals surface area contributed by atoms with Gasteiger partial charge >= 0.3 is 0 Å². The highest BCUT2D eigenvalue weighted by Gasteiger charge is 2.14. The normalized spacial score (nSPS) is 12.1. The monoisotopic (exact) mass is 423 g/mol. The minimum Gasteiger partial charge on any atom is -0.496 e. The highest BCUT2D eigenvalue weighted by Crippen LogP contribution is 2.33. The van der Waals surface area contributed by atoms with Gasteiger partial charge in [0.15, 0.2) is 0 Å². The fraction of sp³-hybridized carbons (Fsp3) is 0.227. The van der Waals surface area contributed by atoms with Gasteiger partial charge < -0.3 is 9.15 Å². The van der Waals surface area contributed by atoms with Gasteiger partial charge in [0.05, 0.1) is 18.4 Å². The Labute approximate surface area is 178 Å². The van der Waals surface area contributed by atoms with Crippen molar-refractivity contribution in [1.82, 2.24) is 15.2 Å². The number of para-hydroxylation sites is 1. The smallest absolute Gasteiger partial charge is 0.276 e. The quantitative estimate of drug-likeness (QED) is 0.332. The Bertz CT molecular complexity index is 1060. The van der Waals surface area contributed by atoms with Crippen molar-refractivity contribution < 1.29 is 9.15 Å². The van der Waals surface area contributed by atoms with Gasteiger partial charge in [0.1, 0.15) is 10.8 Å². The molecular formula is C22H21N3O2S2. The van der Waals surface area contributed by atoms with Crippen LogP contribution in [0, 0.1) is 0 Å². The van der Waals surface area contributed by atoms with Crippen molar-refractivity contribution in [3.8, 4) is 16.3 Å². The van der Waals surface area contributed by atoms with Gasteiger partial charge in [-0.05, 0) is 23.6 Å². The molecule has 0 saturated carbocycles. The standard InChI is InChI=1S/C22H21N3O2S2/c1-15(16-8-4-3-5-9-16)12-20-24-25-22(27-20)29-14-17-13-28-21(23-17)18-10-6-7-11-19(18)26-2/h3-11,13,15H,12,14H2,1-2H3. The molecule has 2 heterocycles. The number of thioether (sulfide) groups is 1. The van der Waals surface area contributed by atoms with E-state index in [1.54, 1.807) is 18.4 Å². The maximum atomic E-state index is 5.82. The summed E-state index contributed by atoms with van der Waals surface area (Å²) in [7, 11) is 1.68. The van der Waals surface area contributed by atoms with Gasteiger partial charge in [0.2, 0.25) is 5.89 Å². The first-order valence-electron chi connectivity index (χ1n) is 9.31. The predicted molar refractivity (Wildman–Crippen MR) is 117 cm³/mol. The first kappa shape index (κ1) is 19.7. The summed E-state index contributed by atoms with van der Waals surface area (Å²) in [5.41, 5.74) is 3.26. The van der Waals surface area contributed by atoms with Crippen LogP contribution in [0.3, 0.4) is 0 Å². The van der Waals surface area contributed by atoms with E-state index in [9.17, 15) is 0 Å². The molecule has 148 valence electrons. The molecule has 4 aromatic rings. The zero-order valence-electron chi connectivity index (χ0n) is 16.2. The van der Waals surface area contributed by atoms with E-state index in [4.69, 9.17) is 14.1 Å². The van der Waals surface area contributed by atoms with Crippen LogP contribution >= 0.6 is 23.1 Å². The molecule has 0 fully saturated rings. The average Bonchev–Trinajstić information content (AvgIpc) is 3.42. The summed E-state index contributed by atoms with van der Waals surface area (Å²) >= 11 is 3.12. The van der Waals surface area contributed by atoms with E-state index in [1.807, 2.05) is 42.5 Å². The molecule has 5 nitrogen and oxygen atoms in total. The zero-order chi connectivity index (χ0) is 20.1.